The van der Waals surface area contributed by atoms with Gasteiger partial charge in [0.25, 0.3) is 5.91 Å². The van der Waals surface area contributed by atoms with Crippen molar-refractivity contribution in [2.75, 3.05) is 5.75 Å². The van der Waals surface area contributed by atoms with Crippen LogP contribution < -0.4 is 5.32 Å². The predicted molar refractivity (Wildman–Crippen MR) is 89.2 cm³/mol. The molecule has 1 N–H and O–H groups in total. The van der Waals surface area contributed by atoms with E-state index >= 15 is 0 Å². The van der Waals surface area contributed by atoms with Crippen LogP contribution in [0.5, 0.6) is 0 Å². The Bertz CT molecular complexity index is 856. The molecule has 23 heavy (non-hydrogen) atoms. The summed E-state index contributed by atoms with van der Waals surface area (Å²) < 4.78 is 24.0. The van der Waals surface area contributed by atoms with Gasteiger partial charge in [0.1, 0.15) is 0 Å². The Hall–Kier alpha value is -2.14. The van der Waals surface area contributed by atoms with Crippen LogP contribution in [0.1, 0.15) is 33.5 Å². The van der Waals surface area contributed by atoms with E-state index in [-0.39, 0.29) is 11.7 Å². The lowest BCUT2D eigenvalue weighted by Gasteiger charge is -2.17. The van der Waals surface area contributed by atoms with Crippen LogP contribution in [0.3, 0.4) is 0 Å². The molecule has 0 atom stereocenters. The van der Waals surface area contributed by atoms with Crippen molar-refractivity contribution in [3.8, 4) is 0 Å². The minimum Gasteiger partial charge on any atom is -0.348 e. The number of nitrogens with one attached hydrogen (secondary N) is 1. The largest absolute Gasteiger partial charge is 0.348 e. The number of amides is 1. The third-order valence-electron chi connectivity index (χ3n) is 4.05. The molecule has 3 rings (SSSR count). The molecular weight excluding hydrogens is 310 g/mol. The summed E-state index contributed by atoms with van der Waals surface area (Å²) in [5.74, 6) is 0.0997. The lowest BCUT2D eigenvalue weighted by Crippen LogP contribution is -2.23. The molecule has 0 saturated heterocycles. The van der Waals surface area contributed by atoms with Gasteiger partial charge in [0.05, 0.1) is 10.6 Å². The monoisotopic (exact) mass is 329 g/mol. The van der Waals surface area contributed by atoms with Crippen LogP contribution >= 0.6 is 0 Å². The zero-order valence-electron chi connectivity index (χ0n) is 13.0. The molecule has 1 amide bonds. The topological polar surface area (TPSA) is 63.2 Å². The number of fused-ring (bicyclic) bond motifs is 1. The third-order valence-corrected chi connectivity index (χ3v) is 5.95. The van der Waals surface area contributed by atoms with Crippen LogP contribution in [0, 0.1) is 6.92 Å². The Balaban J connectivity index is 1.73. The Kier molecular flexibility index (Phi) is 4.22. The highest BCUT2D eigenvalue weighted by molar-refractivity contribution is 7.91. The standard InChI is InChI=1S/C18H19NO3S/c1-13-4-2-5-16(10-13)18(20)19-12-14-7-8-17-15(11-14)6-3-9-23(17,21)22/h2,4-5,7-8,10-11H,3,6,9,12H2,1H3,(H,19,20). The maximum Gasteiger partial charge on any atom is 0.251 e. The lowest BCUT2D eigenvalue weighted by molar-refractivity contribution is 0.0951. The minimum atomic E-state index is -3.13. The number of carbonyl (C=O) groups excluding carboxylic acids is 1. The minimum absolute atomic E-state index is 0.126. The van der Waals surface area contributed by atoms with E-state index < -0.39 is 9.84 Å². The van der Waals surface area contributed by atoms with Gasteiger partial charge in [0.2, 0.25) is 0 Å². The van der Waals surface area contributed by atoms with Gasteiger partial charge in [-0.2, -0.15) is 0 Å². The first-order valence-electron chi connectivity index (χ1n) is 7.65. The highest BCUT2D eigenvalue weighted by Gasteiger charge is 2.23. The fraction of sp³-hybridized carbons (Fsp3) is 0.278. The van der Waals surface area contributed by atoms with Gasteiger partial charge < -0.3 is 5.32 Å². The Morgan fingerprint density at radius 3 is 2.78 bits per heavy atom. The first-order chi connectivity index (χ1) is 11.0. The Labute approximate surface area is 136 Å². The van der Waals surface area contributed by atoms with Crippen LogP contribution in [-0.4, -0.2) is 20.1 Å². The fourth-order valence-corrected chi connectivity index (χ4v) is 4.45. The van der Waals surface area contributed by atoms with E-state index in [9.17, 15) is 13.2 Å². The number of sulfone groups is 1. The summed E-state index contributed by atoms with van der Waals surface area (Å²) >= 11 is 0. The van der Waals surface area contributed by atoms with Gasteiger partial charge in [-0.15, -0.1) is 0 Å². The summed E-state index contributed by atoms with van der Waals surface area (Å²) in [7, 11) is -3.13. The Morgan fingerprint density at radius 2 is 2.00 bits per heavy atom. The molecule has 0 radical (unpaired) electrons. The smallest absolute Gasteiger partial charge is 0.251 e. The van der Waals surface area contributed by atoms with Crippen molar-refractivity contribution in [3.05, 3.63) is 64.7 Å². The van der Waals surface area contributed by atoms with E-state index in [0.717, 1.165) is 23.1 Å². The van der Waals surface area contributed by atoms with Crippen LogP contribution in [-0.2, 0) is 22.8 Å². The van der Waals surface area contributed by atoms with Gasteiger partial charge in [0, 0.05) is 12.1 Å². The molecule has 5 heteroatoms. The zero-order chi connectivity index (χ0) is 16.4. The first kappa shape index (κ1) is 15.7. The molecule has 0 saturated carbocycles. The summed E-state index contributed by atoms with van der Waals surface area (Å²) in [6, 6.07) is 12.8. The number of aryl methyl sites for hydroxylation is 2. The molecule has 0 fully saturated rings. The van der Waals surface area contributed by atoms with Gasteiger partial charge in [-0.3, -0.25) is 4.79 Å². The summed E-state index contributed by atoms with van der Waals surface area (Å²) in [6.45, 7) is 2.33. The molecule has 0 spiro atoms. The number of rotatable bonds is 3. The van der Waals surface area contributed by atoms with Crippen molar-refractivity contribution in [2.24, 2.45) is 0 Å². The maximum atomic E-state index is 12.2. The van der Waals surface area contributed by atoms with Crippen LogP contribution in [0.25, 0.3) is 0 Å². The van der Waals surface area contributed by atoms with Crippen molar-refractivity contribution in [1.29, 1.82) is 0 Å². The second kappa shape index (κ2) is 6.16. The average molecular weight is 329 g/mol. The molecule has 120 valence electrons. The van der Waals surface area contributed by atoms with Crippen LogP contribution in [0.4, 0.5) is 0 Å². The van der Waals surface area contributed by atoms with E-state index in [2.05, 4.69) is 5.32 Å². The lowest BCUT2D eigenvalue weighted by atomic mass is 10.1. The molecule has 4 nitrogen and oxygen atoms in total. The third kappa shape index (κ3) is 3.45. The molecule has 1 aliphatic heterocycles. The number of hydrogen-bond donors (Lipinski definition) is 1. The fourth-order valence-electron chi connectivity index (χ4n) is 2.87. The van der Waals surface area contributed by atoms with Crippen molar-refractivity contribution >= 4 is 15.7 Å². The highest BCUT2D eigenvalue weighted by atomic mass is 32.2. The van der Waals surface area contributed by atoms with Crippen LogP contribution in [0.15, 0.2) is 47.4 Å². The van der Waals surface area contributed by atoms with Crippen molar-refractivity contribution < 1.29 is 13.2 Å². The van der Waals surface area contributed by atoms with Crippen LogP contribution in [0.2, 0.25) is 0 Å². The second-order valence-corrected chi connectivity index (χ2v) is 7.99. The maximum absolute atomic E-state index is 12.2. The molecule has 0 aliphatic carbocycles. The summed E-state index contributed by atoms with van der Waals surface area (Å²) in [6.07, 6.45) is 1.43. The normalized spacial score (nSPS) is 15.7. The molecule has 0 aromatic heterocycles. The first-order valence-corrected chi connectivity index (χ1v) is 9.30. The SMILES string of the molecule is Cc1cccc(C(=O)NCc2ccc3c(c2)CCCS3(=O)=O)c1. The van der Waals surface area contributed by atoms with Gasteiger partial charge in [0.15, 0.2) is 9.84 Å². The highest BCUT2D eigenvalue weighted by Crippen LogP contribution is 2.25. The summed E-state index contributed by atoms with van der Waals surface area (Å²) in [4.78, 5) is 12.6. The van der Waals surface area contributed by atoms with E-state index in [0.29, 0.717) is 23.4 Å². The second-order valence-electron chi connectivity index (χ2n) is 5.92. The van der Waals surface area contributed by atoms with Crippen molar-refractivity contribution in [2.45, 2.75) is 31.2 Å². The molecular formula is C18H19NO3S. The summed E-state index contributed by atoms with van der Waals surface area (Å²) in [5.41, 5.74) is 3.45. The molecule has 0 bridgehead atoms. The van der Waals surface area contributed by atoms with Gasteiger partial charge >= 0.3 is 0 Å². The predicted octanol–water partition coefficient (Wildman–Crippen LogP) is 2.64. The molecule has 1 aliphatic rings. The number of hydrogen-bond acceptors (Lipinski definition) is 3. The molecule has 0 unspecified atom stereocenters. The van der Waals surface area contributed by atoms with E-state index in [1.165, 1.54) is 0 Å². The summed E-state index contributed by atoms with van der Waals surface area (Å²) in [5, 5.41) is 2.88. The van der Waals surface area contributed by atoms with E-state index in [1.807, 2.05) is 31.2 Å². The Morgan fingerprint density at radius 1 is 1.17 bits per heavy atom. The van der Waals surface area contributed by atoms with Crippen molar-refractivity contribution in [1.82, 2.24) is 5.32 Å². The molecule has 2 aromatic carbocycles. The van der Waals surface area contributed by atoms with Gasteiger partial charge in [-0.25, -0.2) is 8.42 Å². The molecule has 1 heterocycles. The number of carbonyl (C=O) groups is 1. The number of benzene rings is 2. The van der Waals surface area contributed by atoms with E-state index in [1.54, 1.807) is 18.2 Å². The average Bonchev–Trinajstić information content (AvgIpc) is 2.52. The quantitative estimate of drug-likeness (QED) is 0.941. The molecule has 2 aromatic rings. The zero-order valence-corrected chi connectivity index (χ0v) is 13.8. The van der Waals surface area contributed by atoms with E-state index in [4.69, 9.17) is 0 Å². The van der Waals surface area contributed by atoms with Gasteiger partial charge in [-0.1, -0.05) is 29.8 Å². The van der Waals surface area contributed by atoms with Gasteiger partial charge in [-0.05, 0) is 49.1 Å². The van der Waals surface area contributed by atoms with Crippen molar-refractivity contribution in [3.63, 3.8) is 0 Å².